The van der Waals surface area contributed by atoms with Gasteiger partial charge in [0.05, 0.1) is 30.2 Å². The topological polar surface area (TPSA) is 112 Å². The molecule has 0 rings (SSSR count). The molecule has 1 atom stereocenters. The van der Waals surface area contributed by atoms with Crippen molar-refractivity contribution in [2.24, 2.45) is 23.2 Å². The summed E-state index contributed by atoms with van der Waals surface area (Å²) < 4.78 is 0. The standard InChI is InChI=1S/C12H12N4O/c1-8(2)11(9(3)17)12(6-15,7-16)10(4-13)5-14/h8,10-11H,1-3H3. The predicted molar refractivity (Wildman–Crippen MR) is 57.4 cm³/mol. The van der Waals surface area contributed by atoms with Gasteiger partial charge in [0.15, 0.2) is 11.3 Å². The maximum absolute atomic E-state index is 11.6. The van der Waals surface area contributed by atoms with Crippen LogP contribution >= 0.6 is 0 Å². The molecule has 0 aromatic heterocycles. The van der Waals surface area contributed by atoms with Crippen LogP contribution in [0.2, 0.25) is 0 Å². The van der Waals surface area contributed by atoms with Crippen LogP contribution in [0.1, 0.15) is 20.8 Å². The second-order valence-corrected chi connectivity index (χ2v) is 4.12. The van der Waals surface area contributed by atoms with Crippen LogP contribution in [0.25, 0.3) is 0 Å². The summed E-state index contributed by atoms with van der Waals surface area (Å²) in [5.74, 6) is -3.04. The fourth-order valence-electron chi connectivity index (χ4n) is 2.02. The quantitative estimate of drug-likeness (QED) is 0.724. The lowest BCUT2D eigenvalue weighted by Gasteiger charge is -2.30. The maximum Gasteiger partial charge on any atom is 0.182 e. The highest BCUT2D eigenvalue weighted by molar-refractivity contribution is 5.81. The number of carbonyl (C=O) groups excluding carboxylic acids is 1. The highest BCUT2D eigenvalue weighted by Crippen LogP contribution is 2.39. The third-order valence-electron chi connectivity index (χ3n) is 2.68. The molecule has 0 aliphatic rings. The van der Waals surface area contributed by atoms with E-state index in [1.54, 1.807) is 38.1 Å². The molecule has 0 aromatic carbocycles. The molecule has 0 heterocycles. The van der Waals surface area contributed by atoms with Gasteiger partial charge in [0.1, 0.15) is 5.78 Å². The summed E-state index contributed by atoms with van der Waals surface area (Å²) in [5.41, 5.74) is -1.90. The normalized spacial score (nSPS) is 12.1. The van der Waals surface area contributed by atoms with E-state index in [-0.39, 0.29) is 11.7 Å². The number of carbonyl (C=O) groups is 1. The van der Waals surface area contributed by atoms with E-state index in [0.717, 1.165) is 0 Å². The molecule has 0 aliphatic heterocycles. The summed E-state index contributed by atoms with van der Waals surface area (Å²) in [7, 11) is 0. The van der Waals surface area contributed by atoms with E-state index in [9.17, 15) is 4.79 Å². The Hall–Kier alpha value is -2.37. The Morgan fingerprint density at radius 3 is 1.65 bits per heavy atom. The predicted octanol–water partition coefficient (Wildman–Crippen LogP) is 1.54. The molecule has 0 bridgehead atoms. The Balaban J connectivity index is 5.93. The highest BCUT2D eigenvalue weighted by Gasteiger charge is 2.51. The van der Waals surface area contributed by atoms with Gasteiger partial charge in [0.2, 0.25) is 0 Å². The first kappa shape index (κ1) is 14.6. The van der Waals surface area contributed by atoms with Gasteiger partial charge in [-0.25, -0.2) is 0 Å². The average Bonchev–Trinajstić information content (AvgIpc) is 2.27. The Kier molecular flexibility index (Phi) is 4.86. The van der Waals surface area contributed by atoms with Crippen molar-refractivity contribution < 1.29 is 4.79 Å². The lowest BCUT2D eigenvalue weighted by atomic mass is 9.64. The van der Waals surface area contributed by atoms with Crippen LogP contribution < -0.4 is 0 Å². The lowest BCUT2D eigenvalue weighted by Crippen LogP contribution is -2.41. The van der Waals surface area contributed by atoms with E-state index in [2.05, 4.69) is 0 Å². The molecule has 0 fully saturated rings. The Bertz CT molecular complexity index is 439. The number of nitriles is 4. The van der Waals surface area contributed by atoms with Crippen LogP contribution in [-0.2, 0) is 4.79 Å². The molecule has 17 heavy (non-hydrogen) atoms. The summed E-state index contributed by atoms with van der Waals surface area (Å²) in [6, 6.07) is 6.66. The second kappa shape index (κ2) is 5.64. The van der Waals surface area contributed by atoms with Gasteiger partial charge in [0.25, 0.3) is 0 Å². The van der Waals surface area contributed by atoms with Crippen molar-refractivity contribution in [1.82, 2.24) is 0 Å². The number of ketones is 1. The smallest absolute Gasteiger partial charge is 0.182 e. The zero-order valence-corrected chi connectivity index (χ0v) is 9.93. The van der Waals surface area contributed by atoms with E-state index in [1.165, 1.54) is 6.92 Å². The zero-order valence-electron chi connectivity index (χ0n) is 9.93. The van der Waals surface area contributed by atoms with Crippen molar-refractivity contribution in [3.05, 3.63) is 0 Å². The molecule has 0 saturated carbocycles. The van der Waals surface area contributed by atoms with Crippen LogP contribution in [0.5, 0.6) is 0 Å². The van der Waals surface area contributed by atoms with E-state index < -0.39 is 17.3 Å². The van der Waals surface area contributed by atoms with Crippen molar-refractivity contribution in [3.8, 4) is 24.3 Å². The molecule has 5 nitrogen and oxygen atoms in total. The van der Waals surface area contributed by atoms with E-state index in [4.69, 9.17) is 21.0 Å². The fraction of sp³-hybridized carbons (Fsp3) is 0.583. The summed E-state index contributed by atoms with van der Waals surface area (Å²) in [5, 5.41) is 36.0. The molecule has 0 amide bonds. The zero-order chi connectivity index (χ0) is 13.6. The molecule has 1 unspecified atom stereocenters. The SMILES string of the molecule is CC(=O)C(C(C)C)C(C#N)(C#N)C(C#N)C#N. The van der Waals surface area contributed by atoms with Crippen molar-refractivity contribution >= 4 is 5.78 Å². The van der Waals surface area contributed by atoms with Crippen LogP contribution in [0.3, 0.4) is 0 Å². The van der Waals surface area contributed by atoms with Crippen LogP contribution in [0.15, 0.2) is 0 Å². The van der Waals surface area contributed by atoms with Gasteiger partial charge in [-0.05, 0) is 12.8 Å². The minimum absolute atomic E-state index is 0.295. The van der Waals surface area contributed by atoms with E-state index in [1.807, 2.05) is 0 Å². The molecule has 0 aromatic rings. The fourth-order valence-corrected chi connectivity index (χ4v) is 2.02. The van der Waals surface area contributed by atoms with Crippen molar-refractivity contribution in [1.29, 1.82) is 21.0 Å². The largest absolute Gasteiger partial charge is 0.300 e. The molecule has 0 aliphatic carbocycles. The summed E-state index contributed by atoms with van der Waals surface area (Å²) in [4.78, 5) is 11.6. The average molecular weight is 228 g/mol. The van der Waals surface area contributed by atoms with E-state index in [0.29, 0.717) is 0 Å². The number of rotatable bonds is 4. The number of Topliss-reactive ketones (excluding diaryl/α,β-unsaturated/α-hetero) is 1. The Labute approximate surface area is 100 Å². The first-order valence-electron chi connectivity index (χ1n) is 5.03. The molecular weight excluding hydrogens is 216 g/mol. The number of nitrogens with zero attached hydrogens (tertiary/aromatic N) is 4. The molecule has 0 N–H and O–H groups in total. The van der Waals surface area contributed by atoms with Gasteiger partial charge >= 0.3 is 0 Å². The molecule has 86 valence electrons. The summed E-state index contributed by atoms with van der Waals surface area (Å²) in [6.07, 6.45) is 0. The first-order valence-corrected chi connectivity index (χ1v) is 5.03. The van der Waals surface area contributed by atoms with Crippen molar-refractivity contribution in [3.63, 3.8) is 0 Å². The Morgan fingerprint density at radius 2 is 1.47 bits per heavy atom. The Morgan fingerprint density at radius 1 is 1.06 bits per heavy atom. The third-order valence-corrected chi connectivity index (χ3v) is 2.68. The molecular formula is C12H12N4O. The summed E-state index contributed by atoms with van der Waals surface area (Å²) in [6.45, 7) is 4.63. The highest BCUT2D eigenvalue weighted by atomic mass is 16.1. The third kappa shape index (κ3) is 2.41. The minimum atomic E-state index is -1.90. The lowest BCUT2D eigenvalue weighted by molar-refractivity contribution is -0.124. The second-order valence-electron chi connectivity index (χ2n) is 4.12. The minimum Gasteiger partial charge on any atom is -0.300 e. The summed E-state index contributed by atoms with van der Waals surface area (Å²) >= 11 is 0. The van der Waals surface area contributed by atoms with Gasteiger partial charge in [-0.2, -0.15) is 21.0 Å². The molecule has 0 saturated heterocycles. The molecule has 0 spiro atoms. The maximum atomic E-state index is 11.6. The number of hydrogen-bond acceptors (Lipinski definition) is 5. The van der Waals surface area contributed by atoms with Crippen LogP contribution in [0.4, 0.5) is 0 Å². The van der Waals surface area contributed by atoms with Crippen molar-refractivity contribution in [2.45, 2.75) is 20.8 Å². The van der Waals surface area contributed by atoms with Crippen LogP contribution in [0, 0.1) is 68.5 Å². The van der Waals surface area contributed by atoms with Crippen molar-refractivity contribution in [2.75, 3.05) is 0 Å². The van der Waals surface area contributed by atoms with Gasteiger partial charge in [-0.3, -0.25) is 4.79 Å². The van der Waals surface area contributed by atoms with Gasteiger partial charge in [-0.1, -0.05) is 13.8 Å². The van der Waals surface area contributed by atoms with Gasteiger partial charge in [-0.15, -0.1) is 0 Å². The molecule has 5 heteroatoms. The van der Waals surface area contributed by atoms with Gasteiger partial charge < -0.3 is 0 Å². The first-order chi connectivity index (χ1) is 7.91. The van der Waals surface area contributed by atoms with Gasteiger partial charge in [0, 0.05) is 0 Å². The van der Waals surface area contributed by atoms with Crippen LogP contribution in [-0.4, -0.2) is 5.78 Å². The number of hydrogen-bond donors (Lipinski definition) is 0. The van der Waals surface area contributed by atoms with E-state index >= 15 is 0 Å². The monoisotopic (exact) mass is 228 g/mol. The molecule has 0 radical (unpaired) electrons.